The molecule has 0 spiro atoms. The van der Waals surface area contributed by atoms with Crippen LogP contribution in [0.1, 0.15) is 23.3 Å². The van der Waals surface area contributed by atoms with Crippen LogP contribution in [0.4, 0.5) is 0 Å². The number of ketones is 1. The van der Waals surface area contributed by atoms with Gasteiger partial charge in [-0.05, 0) is 6.42 Å². The standard InChI is InChI=1S/C7H11N3O2/c1-10-6(5-8-9-10)7(12)3-2-4-11/h5,11H,2-4H2,1H3. The molecule has 0 bridgehead atoms. The highest BCUT2D eigenvalue weighted by molar-refractivity contribution is 5.94. The molecule has 1 aromatic rings. The Morgan fingerprint density at radius 2 is 2.50 bits per heavy atom. The second-order valence-electron chi connectivity index (χ2n) is 2.49. The summed E-state index contributed by atoms with van der Waals surface area (Å²) < 4.78 is 1.43. The van der Waals surface area contributed by atoms with Crippen molar-refractivity contribution in [3.05, 3.63) is 11.9 Å². The highest BCUT2D eigenvalue weighted by Crippen LogP contribution is 2.01. The molecule has 66 valence electrons. The predicted octanol–water partition coefficient (Wildman–Crippen LogP) is -0.230. The Morgan fingerprint density at radius 3 is 3.00 bits per heavy atom. The van der Waals surface area contributed by atoms with Crippen LogP contribution in [0.25, 0.3) is 0 Å². The van der Waals surface area contributed by atoms with Crippen molar-refractivity contribution in [2.45, 2.75) is 12.8 Å². The zero-order valence-electron chi connectivity index (χ0n) is 6.90. The molecule has 1 rings (SSSR count). The third-order valence-corrected chi connectivity index (χ3v) is 1.56. The van der Waals surface area contributed by atoms with Gasteiger partial charge in [-0.15, -0.1) is 5.10 Å². The Kier molecular flexibility index (Phi) is 2.93. The van der Waals surface area contributed by atoms with Crippen LogP contribution in [0, 0.1) is 0 Å². The smallest absolute Gasteiger partial charge is 0.182 e. The van der Waals surface area contributed by atoms with E-state index in [2.05, 4.69) is 10.3 Å². The molecule has 0 atom stereocenters. The van der Waals surface area contributed by atoms with Crippen LogP contribution in [-0.4, -0.2) is 32.5 Å². The van der Waals surface area contributed by atoms with Gasteiger partial charge in [0, 0.05) is 20.1 Å². The Balaban J connectivity index is 2.59. The number of rotatable bonds is 4. The van der Waals surface area contributed by atoms with E-state index in [1.54, 1.807) is 7.05 Å². The number of hydrogen-bond acceptors (Lipinski definition) is 4. The van der Waals surface area contributed by atoms with Gasteiger partial charge in [0.2, 0.25) is 0 Å². The van der Waals surface area contributed by atoms with E-state index in [4.69, 9.17) is 5.11 Å². The highest BCUT2D eigenvalue weighted by atomic mass is 16.3. The molecule has 1 heterocycles. The van der Waals surface area contributed by atoms with Crippen molar-refractivity contribution >= 4 is 5.78 Å². The van der Waals surface area contributed by atoms with Crippen molar-refractivity contribution in [2.24, 2.45) is 7.05 Å². The van der Waals surface area contributed by atoms with E-state index in [0.717, 1.165) is 0 Å². The molecule has 5 heteroatoms. The summed E-state index contributed by atoms with van der Waals surface area (Å²) in [4.78, 5) is 11.3. The number of carbonyl (C=O) groups is 1. The SMILES string of the molecule is Cn1nncc1C(=O)CCCO. The van der Waals surface area contributed by atoms with Gasteiger partial charge >= 0.3 is 0 Å². The molecule has 0 saturated heterocycles. The molecular weight excluding hydrogens is 158 g/mol. The zero-order valence-corrected chi connectivity index (χ0v) is 6.90. The average Bonchev–Trinajstić information content (AvgIpc) is 2.47. The van der Waals surface area contributed by atoms with Gasteiger partial charge in [0.15, 0.2) is 5.78 Å². The first-order valence-corrected chi connectivity index (χ1v) is 3.74. The molecule has 5 nitrogen and oxygen atoms in total. The number of aliphatic hydroxyl groups excluding tert-OH is 1. The van der Waals surface area contributed by atoms with Crippen LogP contribution in [-0.2, 0) is 7.05 Å². The van der Waals surface area contributed by atoms with Crippen LogP contribution in [0.2, 0.25) is 0 Å². The van der Waals surface area contributed by atoms with Crippen molar-refractivity contribution < 1.29 is 9.90 Å². The number of carbonyl (C=O) groups excluding carboxylic acids is 1. The zero-order chi connectivity index (χ0) is 8.97. The van der Waals surface area contributed by atoms with Gasteiger partial charge in [0.25, 0.3) is 0 Å². The van der Waals surface area contributed by atoms with Gasteiger partial charge in [-0.25, -0.2) is 4.68 Å². The van der Waals surface area contributed by atoms with Crippen molar-refractivity contribution in [3.8, 4) is 0 Å². The summed E-state index contributed by atoms with van der Waals surface area (Å²) in [6.45, 7) is 0.0387. The minimum absolute atomic E-state index is 0.0310. The summed E-state index contributed by atoms with van der Waals surface area (Å²) in [7, 11) is 1.67. The van der Waals surface area contributed by atoms with Gasteiger partial charge in [-0.3, -0.25) is 4.79 Å². The molecule has 1 aromatic heterocycles. The van der Waals surface area contributed by atoms with Gasteiger partial charge in [0.05, 0.1) is 6.20 Å². The first-order valence-electron chi connectivity index (χ1n) is 3.74. The maximum atomic E-state index is 11.3. The highest BCUT2D eigenvalue weighted by Gasteiger charge is 2.09. The second kappa shape index (κ2) is 3.96. The van der Waals surface area contributed by atoms with Crippen LogP contribution < -0.4 is 0 Å². The molecule has 0 fully saturated rings. The average molecular weight is 169 g/mol. The Bertz CT molecular complexity index is 269. The lowest BCUT2D eigenvalue weighted by molar-refractivity contribution is 0.0962. The molecule has 0 radical (unpaired) electrons. The number of aliphatic hydroxyl groups is 1. The first kappa shape index (κ1) is 8.86. The number of aromatic nitrogens is 3. The van der Waals surface area contributed by atoms with Crippen molar-refractivity contribution in [1.82, 2.24) is 15.0 Å². The fraction of sp³-hybridized carbons (Fsp3) is 0.571. The van der Waals surface area contributed by atoms with E-state index in [1.807, 2.05) is 0 Å². The van der Waals surface area contributed by atoms with Gasteiger partial charge in [-0.1, -0.05) is 5.21 Å². The number of nitrogens with zero attached hydrogens (tertiary/aromatic N) is 3. The van der Waals surface area contributed by atoms with Gasteiger partial charge in [-0.2, -0.15) is 0 Å². The van der Waals surface area contributed by atoms with Gasteiger partial charge in [0.1, 0.15) is 5.69 Å². The summed E-state index contributed by atoms with van der Waals surface area (Å²) in [5, 5.41) is 15.7. The van der Waals surface area contributed by atoms with Crippen LogP contribution in [0.5, 0.6) is 0 Å². The number of Topliss-reactive ketones (excluding diaryl/α,β-unsaturated/α-hetero) is 1. The van der Waals surface area contributed by atoms with Crippen molar-refractivity contribution in [3.63, 3.8) is 0 Å². The first-order chi connectivity index (χ1) is 5.75. The lowest BCUT2D eigenvalue weighted by Crippen LogP contribution is -2.07. The summed E-state index contributed by atoms with van der Waals surface area (Å²) in [6.07, 6.45) is 2.27. The molecule has 12 heavy (non-hydrogen) atoms. The Labute approximate surface area is 70.0 Å². The van der Waals surface area contributed by atoms with Gasteiger partial charge < -0.3 is 5.11 Å². The fourth-order valence-corrected chi connectivity index (χ4v) is 0.910. The third-order valence-electron chi connectivity index (χ3n) is 1.56. The molecule has 0 aliphatic rings. The lowest BCUT2D eigenvalue weighted by Gasteiger charge is -1.97. The topological polar surface area (TPSA) is 68.0 Å². The van der Waals surface area contributed by atoms with E-state index in [9.17, 15) is 4.79 Å². The largest absolute Gasteiger partial charge is 0.396 e. The van der Waals surface area contributed by atoms with Crippen LogP contribution in [0.15, 0.2) is 6.20 Å². The Morgan fingerprint density at radius 1 is 1.75 bits per heavy atom. The van der Waals surface area contributed by atoms with Crippen LogP contribution in [0.3, 0.4) is 0 Å². The third kappa shape index (κ3) is 1.88. The fourth-order valence-electron chi connectivity index (χ4n) is 0.910. The minimum atomic E-state index is -0.0310. The van der Waals surface area contributed by atoms with E-state index < -0.39 is 0 Å². The summed E-state index contributed by atoms with van der Waals surface area (Å²) >= 11 is 0. The maximum absolute atomic E-state index is 11.3. The van der Waals surface area contributed by atoms with E-state index >= 15 is 0 Å². The Hall–Kier alpha value is -1.23. The number of hydrogen-bond donors (Lipinski definition) is 1. The quantitative estimate of drug-likeness (QED) is 0.632. The van der Waals surface area contributed by atoms with Crippen LogP contribution >= 0.6 is 0 Å². The minimum Gasteiger partial charge on any atom is -0.396 e. The van der Waals surface area contributed by atoms with E-state index in [0.29, 0.717) is 18.5 Å². The molecule has 0 aliphatic heterocycles. The molecule has 1 N–H and O–H groups in total. The summed E-state index contributed by atoms with van der Waals surface area (Å²) in [5.41, 5.74) is 0.489. The summed E-state index contributed by atoms with van der Waals surface area (Å²) in [6, 6.07) is 0. The second-order valence-corrected chi connectivity index (χ2v) is 2.49. The molecule has 0 amide bonds. The monoisotopic (exact) mass is 169 g/mol. The molecular formula is C7H11N3O2. The molecule has 0 saturated carbocycles. The lowest BCUT2D eigenvalue weighted by atomic mass is 10.2. The normalized spacial score (nSPS) is 10.2. The molecule has 0 unspecified atom stereocenters. The number of aryl methyl sites for hydroxylation is 1. The maximum Gasteiger partial charge on any atom is 0.182 e. The van der Waals surface area contributed by atoms with E-state index in [1.165, 1.54) is 10.9 Å². The summed E-state index contributed by atoms with van der Waals surface area (Å²) in [5.74, 6) is -0.0310. The van der Waals surface area contributed by atoms with E-state index in [-0.39, 0.29) is 12.4 Å². The molecule has 0 aliphatic carbocycles. The predicted molar refractivity (Wildman–Crippen MR) is 41.7 cm³/mol. The molecule has 0 aromatic carbocycles. The van der Waals surface area contributed by atoms with Crippen molar-refractivity contribution in [2.75, 3.05) is 6.61 Å². The van der Waals surface area contributed by atoms with Crippen molar-refractivity contribution in [1.29, 1.82) is 0 Å².